The molecule has 0 aliphatic rings. The first-order valence-corrected chi connectivity index (χ1v) is 8.20. The van der Waals surface area contributed by atoms with Crippen molar-refractivity contribution in [1.82, 2.24) is 14.3 Å². The molecule has 0 unspecified atom stereocenters. The lowest BCUT2D eigenvalue weighted by molar-refractivity contribution is -0.143. The van der Waals surface area contributed by atoms with Crippen molar-refractivity contribution >= 4 is 33.5 Å². The number of halogens is 1. The molecule has 0 N–H and O–H groups in total. The number of nitrogens with zero attached hydrogens (tertiary/aromatic N) is 3. The number of hydrogen-bond acceptors (Lipinski definition) is 4. The molecule has 1 amide bonds. The topological polar surface area (TPSA) is 63.9 Å². The predicted octanol–water partition coefficient (Wildman–Crippen LogP) is 2.74. The maximum absolute atomic E-state index is 12.7. The van der Waals surface area contributed by atoms with Crippen LogP contribution in [0.5, 0.6) is 0 Å². The Kier molecular flexibility index (Phi) is 5.41. The zero-order valence-corrected chi connectivity index (χ0v) is 15.3. The molecule has 0 bridgehead atoms. The van der Waals surface area contributed by atoms with Crippen LogP contribution in [0.4, 0.5) is 0 Å². The van der Waals surface area contributed by atoms with E-state index in [2.05, 4.69) is 20.9 Å². The lowest BCUT2D eigenvalue weighted by Crippen LogP contribution is -2.30. The van der Waals surface area contributed by atoms with Gasteiger partial charge in [-0.2, -0.15) is 0 Å². The highest BCUT2D eigenvalue weighted by atomic mass is 79.9. The second-order valence-corrected chi connectivity index (χ2v) is 6.24. The maximum atomic E-state index is 12.7. The number of fused-ring (bicyclic) bond motifs is 1. The first kappa shape index (κ1) is 17.5. The fourth-order valence-corrected chi connectivity index (χ4v) is 3.02. The molecule has 0 aliphatic heterocycles. The van der Waals surface area contributed by atoms with Crippen molar-refractivity contribution in [2.24, 2.45) is 0 Å². The molecule has 0 saturated heterocycles. The van der Waals surface area contributed by atoms with E-state index >= 15 is 0 Å². The highest BCUT2D eigenvalue weighted by molar-refractivity contribution is 9.10. The molecule has 2 aromatic heterocycles. The number of aryl methyl sites for hydroxylation is 2. The molecular weight excluding hydrogens is 362 g/mol. The molecule has 23 heavy (non-hydrogen) atoms. The van der Waals surface area contributed by atoms with E-state index in [-0.39, 0.29) is 18.3 Å². The minimum absolute atomic E-state index is 0.170. The molecule has 0 aliphatic carbocycles. The third-order valence-corrected chi connectivity index (χ3v) is 4.08. The SMILES string of the molecule is CCOC(=O)CCN(C)C(=O)c1c(C)nc2c(Br)cc(C)cn12. The summed E-state index contributed by atoms with van der Waals surface area (Å²) >= 11 is 3.48. The minimum atomic E-state index is -0.305. The molecular formula is C16H20BrN3O3. The van der Waals surface area contributed by atoms with Crippen LogP contribution in [-0.4, -0.2) is 46.4 Å². The predicted molar refractivity (Wildman–Crippen MR) is 90.6 cm³/mol. The number of esters is 1. The van der Waals surface area contributed by atoms with Gasteiger partial charge in [-0.25, -0.2) is 4.98 Å². The van der Waals surface area contributed by atoms with Gasteiger partial charge >= 0.3 is 5.97 Å². The maximum Gasteiger partial charge on any atom is 0.307 e. The van der Waals surface area contributed by atoms with Gasteiger partial charge in [0, 0.05) is 19.8 Å². The van der Waals surface area contributed by atoms with Crippen molar-refractivity contribution in [2.45, 2.75) is 27.2 Å². The quantitative estimate of drug-likeness (QED) is 0.746. The van der Waals surface area contributed by atoms with Crippen LogP contribution in [0.15, 0.2) is 16.7 Å². The van der Waals surface area contributed by atoms with Crippen LogP contribution in [0, 0.1) is 13.8 Å². The summed E-state index contributed by atoms with van der Waals surface area (Å²) in [6.45, 7) is 6.17. The third-order valence-electron chi connectivity index (χ3n) is 3.49. The zero-order valence-electron chi connectivity index (χ0n) is 13.7. The van der Waals surface area contributed by atoms with Gasteiger partial charge < -0.3 is 9.64 Å². The summed E-state index contributed by atoms with van der Waals surface area (Å²) in [5, 5.41) is 0. The van der Waals surface area contributed by atoms with Crippen LogP contribution < -0.4 is 0 Å². The molecule has 7 heteroatoms. The summed E-state index contributed by atoms with van der Waals surface area (Å²) in [5.41, 5.74) is 2.89. The van der Waals surface area contributed by atoms with Gasteiger partial charge in [-0.3, -0.25) is 14.0 Å². The van der Waals surface area contributed by atoms with Gasteiger partial charge in [0.15, 0.2) is 5.65 Å². The van der Waals surface area contributed by atoms with Gasteiger partial charge in [0.25, 0.3) is 5.91 Å². The lowest BCUT2D eigenvalue weighted by atomic mass is 10.2. The number of hydrogen-bond donors (Lipinski definition) is 0. The molecule has 0 spiro atoms. The van der Waals surface area contributed by atoms with Crippen LogP contribution in [-0.2, 0) is 9.53 Å². The fraction of sp³-hybridized carbons (Fsp3) is 0.438. The van der Waals surface area contributed by atoms with Gasteiger partial charge in [-0.15, -0.1) is 0 Å². The third kappa shape index (κ3) is 3.72. The van der Waals surface area contributed by atoms with E-state index in [1.165, 1.54) is 4.90 Å². The van der Waals surface area contributed by atoms with Crippen LogP contribution in [0.3, 0.4) is 0 Å². The summed E-state index contributed by atoms with van der Waals surface area (Å²) in [5.74, 6) is -0.475. The molecule has 124 valence electrons. The molecule has 0 aromatic carbocycles. The molecule has 6 nitrogen and oxygen atoms in total. The normalized spacial score (nSPS) is 10.8. The van der Waals surface area contributed by atoms with Crippen LogP contribution >= 0.6 is 15.9 Å². The number of carbonyl (C=O) groups is 2. The summed E-state index contributed by atoms with van der Waals surface area (Å²) in [7, 11) is 1.67. The number of pyridine rings is 1. The summed E-state index contributed by atoms with van der Waals surface area (Å²) in [4.78, 5) is 30.1. The second-order valence-electron chi connectivity index (χ2n) is 5.39. The first-order valence-electron chi connectivity index (χ1n) is 7.41. The van der Waals surface area contributed by atoms with Crippen molar-refractivity contribution in [2.75, 3.05) is 20.2 Å². The van der Waals surface area contributed by atoms with Gasteiger partial charge in [-0.05, 0) is 48.3 Å². The minimum Gasteiger partial charge on any atom is -0.466 e. The molecule has 2 aromatic rings. The standard InChI is InChI=1S/C16H20BrN3O3/c1-5-23-13(21)6-7-19(4)16(22)14-11(3)18-15-12(17)8-10(2)9-20(14)15/h8-9H,5-7H2,1-4H3. The van der Waals surface area contributed by atoms with E-state index in [0.717, 1.165) is 10.0 Å². The van der Waals surface area contributed by atoms with E-state index in [9.17, 15) is 9.59 Å². The van der Waals surface area contributed by atoms with Crippen LogP contribution in [0.25, 0.3) is 5.65 Å². The highest BCUT2D eigenvalue weighted by Crippen LogP contribution is 2.23. The molecule has 0 saturated carbocycles. The Labute approximate surface area is 143 Å². The van der Waals surface area contributed by atoms with E-state index < -0.39 is 0 Å². The van der Waals surface area contributed by atoms with E-state index in [1.54, 1.807) is 25.3 Å². The Bertz CT molecular complexity index is 755. The van der Waals surface area contributed by atoms with Crippen molar-refractivity contribution in [3.8, 4) is 0 Å². The Hall–Kier alpha value is -1.89. The van der Waals surface area contributed by atoms with Gasteiger partial charge in [0.05, 0.1) is 23.2 Å². The van der Waals surface area contributed by atoms with Crippen LogP contribution in [0.2, 0.25) is 0 Å². The highest BCUT2D eigenvalue weighted by Gasteiger charge is 2.22. The summed E-state index contributed by atoms with van der Waals surface area (Å²) in [6.07, 6.45) is 2.06. The lowest BCUT2D eigenvalue weighted by Gasteiger charge is -2.17. The Morgan fingerprint density at radius 1 is 1.39 bits per heavy atom. The van der Waals surface area contributed by atoms with Crippen molar-refractivity contribution in [3.05, 3.63) is 33.7 Å². The average molecular weight is 382 g/mol. The zero-order chi connectivity index (χ0) is 17.1. The monoisotopic (exact) mass is 381 g/mol. The van der Waals surface area contributed by atoms with E-state index in [4.69, 9.17) is 4.74 Å². The Morgan fingerprint density at radius 2 is 2.09 bits per heavy atom. The summed E-state index contributed by atoms with van der Waals surface area (Å²) in [6, 6.07) is 1.96. The molecule has 2 heterocycles. The molecule has 2 rings (SSSR count). The molecule has 0 fully saturated rings. The molecule has 0 atom stereocenters. The molecule has 0 radical (unpaired) electrons. The Balaban J connectivity index is 2.27. The number of imidazole rings is 1. The smallest absolute Gasteiger partial charge is 0.307 e. The number of carbonyl (C=O) groups excluding carboxylic acids is 2. The van der Waals surface area contributed by atoms with Crippen molar-refractivity contribution in [1.29, 1.82) is 0 Å². The van der Waals surface area contributed by atoms with Crippen molar-refractivity contribution < 1.29 is 14.3 Å². The fourth-order valence-electron chi connectivity index (χ4n) is 2.38. The van der Waals surface area contributed by atoms with E-state index in [1.807, 2.05) is 19.2 Å². The first-order chi connectivity index (χ1) is 10.8. The van der Waals surface area contributed by atoms with Gasteiger partial charge in [0.2, 0.25) is 0 Å². The van der Waals surface area contributed by atoms with Crippen molar-refractivity contribution in [3.63, 3.8) is 0 Å². The van der Waals surface area contributed by atoms with Crippen LogP contribution in [0.1, 0.15) is 35.1 Å². The number of amides is 1. The number of rotatable bonds is 5. The second kappa shape index (κ2) is 7.12. The largest absolute Gasteiger partial charge is 0.466 e. The average Bonchev–Trinajstić information content (AvgIpc) is 2.81. The number of aromatic nitrogens is 2. The summed E-state index contributed by atoms with van der Waals surface area (Å²) < 4.78 is 7.52. The van der Waals surface area contributed by atoms with Gasteiger partial charge in [0.1, 0.15) is 5.69 Å². The van der Waals surface area contributed by atoms with Gasteiger partial charge in [-0.1, -0.05) is 0 Å². The number of ether oxygens (including phenoxy) is 1. The van der Waals surface area contributed by atoms with E-state index in [0.29, 0.717) is 30.2 Å². The Morgan fingerprint density at radius 3 is 2.74 bits per heavy atom.